The van der Waals surface area contributed by atoms with Crippen molar-refractivity contribution in [1.29, 1.82) is 0 Å². The Morgan fingerprint density at radius 2 is 1.74 bits per heavy atom. The highest BCUT2D eigenvalue weighted by atomic mass is 35.5. The summed E-state index contributed by atoms with van der Waals surface area (Å²) in [4.78, 5) is 11.9. The monoisotopic (exact) mass is 488 g/mol. The maximum absolute atomic E-state index is 13.9. The Balaban J connectivity index is 1.42. The Morgan fingerprint density at radius 3 is 2.38 bits per heavy atom. The van der Waals surface area contributed by atoms with E-state index in [0.29, 0.717) is 17.5 Å². The summed E-state index contributed by atoms with van der Waals surface area (Å²) in [6, 6.07) is 14.6. The molecule has 1 fully saturated rings. The number of carbonyl (C=O) groups excluding carboxylic acids is 1. The van der Waals surface area contributed by atoms with Gasteiger partial charge in [-0.3, -0.25) is 0 Å². The van der Waals surface area contributed by atoms with Gasteiger partial charge < -0.3 is 9.47 Å². The Bertz CT molecular complexity index is 891. The molecule has 1 atom stereocenters. The lowest BCUT2D eigenvalue weighted by molar-refractivity contribution is -0.157. The molecule has 0 radical (unpaired) electrons. The van der Waals surface area contributed by atoms with Crippen molar-refractivity contribution < 1.29 is 18.7 Å². The number of ether oxygens (including phenoxy) is 2. The quantitative estimate of drug-likeness (QED) is 0.281. The molecule has 0 saturated heterocycles. The second kappa shape index (κ2) is 13.7. The Labute approximate surface area is 209 Å². The van der Waals surface area contributed by atoms with Crippen LogP contribution in [-0.4, -0.2) is 24.9 Å². The van der Waals surface area contributed by atoms with Crippen LogP contribution >= 0.6 is 11.6 Å². The zero-order chi connectivity index (χ0) is 24.3. The molecule has 0 amide bonds. The lowest BCUT2D eigenvalue weighted by atomic mass is 9.83. The summed E-state index contributed by atoms with van der Waals surface area (Å²) in [6.45, 7) is 4.73. The third-order valence-electron chi connectivity index (χ3n) is 6.67. The van der Waals surface area contributed by atoms with Gasteiger partial charge >= 0.3 is 5.97 Å². The molecule has 5 heteroatoms. The van der Waals surface area contributed by atoms with Gasteiger partial charge in [-0.15, -0.1) is 0 Å². The summed E-state index contributed by atoms with van der Waals surface area (Å²) < 4.78 is 24.9. The predicted molar refractivity (Wildman–Crippen MR) is 137 cm³/mol. The number of carbonyl (C=O) groups is 1. The van der Waals surface area contributed by atoms with Crippen molar-refractivity contribution in [1.82, 2.24) is 0 Å². The smallest absolute Gasteiger partial charge is 0.340 e. The molecule has 3 rings (SSSR count). The van der Waals surface area contributed by atoms with Gasteiger partial charge in [-0.05, 0) is 86.1 Å². The fourth-order valence-electron chi connectivity index (χ4n) is 4.52. The van der Waals surface area contributed by atoms with Crippen molar-refractivity contribution in [2.45, 2.75) is 90.3 Å². The number of hydrogen-bond acceptors (Lipinski definition) is 3. The van der Waals surface area contributed by atoms with Crippen molar-refractivity contribution in [3.8, 4) is 16.9 Å². The zero-order valence-corrected chi connectivity index (χ0v) is 21.3. The summed E-state index contributed by atoms with van der Waals surface area (Å²) in [5, 5.41) is 0.638. The summed E-state index contributed by atoms with van der Waals surface area (Å²) >= 11 is 6.38. The minimum atomic E-state index is -1.47. The number of esters is 1. The van der Waals surface area contributed by atoms with E-state index >= 15 is 0 Å². The van der Waals surface area contributed by atoms with Gasteiger partial charge in [-0.1, -0.05) is 68.6 Å². The molecule has 3 nitrogen and oxygen atoms in total. The molecule has 0 aromatic heterocycles. The minimum Gasteiger partial charge on any atom is -0.492 e. The van der Waals surface area contributed by atoms with E-state index in [4.69, 9.17) is 21.1 Å². The molecule has 1 aliphatic carbocycles. The van der Waals surface area contributed by atoms with Crippen LogP contribution in [0.1, 0.15) is 77.2 Å². The highest BCUT2D eigenvalue weighted by molar-refractivity contribution is 6.32. The van der Waals surface area contributed by atoms with Gasteiger partial charge in [0.2, 0.25) is 0 Å². The van der Waals surface area contributed by atoms with E-state index in [9.17, 15) is 9.18 Å². The first-order chi connectivity index (χ1) is 16.5. The maximum Gasteiger partial charge on any atom is 0.340 e. The summed E-state index contributed by atoms with van der Waals surface area (Å²) in [5.41, 5.74) is 3.54. The number of benzene rings is 2. The van der Waals surface area contributed by atoms with Gasteiger partial charge in [-0.2, -0.15) is 0 Å². The number of rotatable bonds is 12. The first-order valence-electron chi connectivity index (χ1n) is 12.9. The van der Waals surface area contributed by atoms with Crippen molar-refractivity contribution >= 4 is 17.6 Å². The minimum absolute atomic E-state index is 0.117. The zero-order valence-electron chi connectivity index (χ0n) is 20.5. The van der Waals surface area contributed by atoms with Gasteiger partial charge in [0.1, 0.15) is 11.9 Å². The van der Waals surface area contributed by atoms with Crippen LogP contribution in [0.25, 0.3) is 11.1 Å². The van der Waals surface area contributed by atoms with Gasteiger partial charge in [-0.25, -0.2) is 9.18 Å². The molecule has 0 unspecified atom stereocenters. The highest BCUT2D eigenvalue weighted by Crippen LogP contribution is 2.32. The van der Waals surface area contributed by atoms with Gasteiger partial charge in [0.05, 0.1) is 11.6 Å². The van der Waals surface area contributed by atoms with Gasteiger partial charge in [0.25, 0.3) is 0 Å². The first-order valence-corrected chi connectivity index (χ1v) is 13.2. The Hall–Kier alpha value is -2.07. The topological polar surface area (TPSA) is 35.5 Å². The van der Waals surface area contributed by atoms with Crippen LogP contribution in [0.15, 0.2) is 42.5 Å². The van der Waals surface area contributed by atoms with Crippen molar-refractivity contribution in [3.63, 3.8) is 0 Å². The molecule has 0 bridgehead atoms. The Morgan fingerprint density at radius 1 is 1.03 bits per heavy atom. The number of hydrogen-bond donors (Lipinski definition) is 0. The fourth-order valence-corrected chi connectivity index (χ4v) is 4.76. The molecular weight excluding hydrogens is 451 g/mol. The van der Waals surface area contributed by atoms with E-state index in [1.54, 1.807) is 0 Å². The molecular formula is C29H38ClFO3. The molecule has 1 saturated carbocycles. The Kier molecular flexibility index (Phi) is 10.7. The van der Waals surface area contributed by atoms with Crippen LogP contribution in [-0.2, 0) is 16.0 Å². The largest absolute Gasteiger partial charge is 0.492 e. The second-order valence-corrected chi connectivity index (χ2v) is 9.83. The molecule has 0 aliphatic heterocycles. The van der Waals surface area contributed by atoms with E-state index in [-0.39, 0.29) is 12.5 Å². The van der Waals surface area contributed by atoms with Crippen molar-refractivity contribution in [2.24, 2.45) is 5.92 Å². The molecule has 0 N–H and O–H groups in total. The lowest BCUT2D eigenvalue weighted by Gasteiger charge is -2.28. The number of unbranched alkanes of at least 4 members (excludes halogenated alkanes) is 1. The lowest BCUT2D eigenvalue weighted by Crippen LogP contribution is -2.29. The summed E-state index contributed by atoms with van der Waals surface area (Å²) in [7, 11) is 0. The summed E-state index contributed by atoms with van der Waals surface area (Å²) in [6.07, 6.45) is 7.15. The fraction of sp³-hybridized carbons (Fsp3) is 0.552. The highest BCUT2D eigenvalue weighted by Gasteiger charge is 2.27. The van der Waals surface area contributed by atoms with Crippen LogP contribution in [0.4, 0.5) is 4.39 Å². The van der Waals surface area contributed by atoms with E-state index in [1.807, 2.05) is 25.1 Å². The standard InChI is InChI=1S/C29H38ClFO3/c1-3-5-6-27(31)29(32)34-25-16-11-22(12-17-25)8-7-21-9-13-23(14-10-21)24-15-18-28(26(30)20-24)33-19-4-2/h9-10,13-15,18,20,22,25,27H,3-8,11-12,16-17,19H2,1-2H3/t22?,25?,27-/m0/s1. The molecule has 2 aromatic carbocycles. The molecule has 0 heterocycles. The van der Waals surface area contributed by atoms with Crippen molar-refractivity contribution in [3.05, 3.63) is 53.1 Å². The maximum atomic E-state index is 13.9. The average Bonchev–Trinajstić information content (AvgIpc) is 2.86. The van der Waals surface area contributed by atoms with E-state index < -0.39 is 12.1 Å². The molecule has 2 aromatic rings. The van der Waals surface area contributed by atoms with Crippen molar-refractivity contribution in [2.75, 3.05) is 6.61 Å². The van der Waals surface area contributed by atoms with Crippen LogP contribution in [0.5, 0.6) is 5.75 Å². The number of alkyl halides is 1. The molecule has 0 spiro atoms. The predicted octanol–water partition coefficient (Wildman–Crippen LogP) is 8.36. The van der Waals surface area contributed by atoms with Crippen LogP contribution < -0.4 is 4.74 Å². The van der Waals surface area contributed by atoms with E-state index in [1.165, 1.54) is 5.56 Å². The SMILES string of the molecule is CCCC[C@H](F)C(=O)OC1CCC(CCc2ccc(-c3ccc(OCCC)c(Cl)c3)cc2)CC1. The van der Waals surface area contributed by atoms with Crippen LogP contribution in [0.3, 0.4) is 0 Å². The third-order valence-corrected chi connectivity index (χ3v) is 6.96. The number of halogens is 2. The summed E-state index contributed by atoms with van der Waals surface area (Å²) in [5.74, 6) is 0.696. The van der Waals surface area contributed by atoms with Crippen LogP contribution in [0.2, 0.25) is 5.02 Å². The average molecular weight is 489 g/mol. The third kappa shape index (κ3) is 8.01. The molecule has 1 aliphatic rings. The normalized spacial score (nSPS) is 18.9. The number of aryl methyl sites for hydroxylation is 1. The molecule has 34 heavy (non-hydrogen) atoms. The van der Waals surface area contributed by atoms with Crippen LogP contribution in [0, 0.1) is 5.92 Å². The molecule has 186 valence electrons. The van der Waals surface area contributed by atoms with Gasteiger partial charge in [0.15, 0.2) is 6.17 Å². The van der Waals surface area contributed by atoms with E-state index in [0.717, 1.165) is 74.7 Å². The van der Waals surface area contributed by atoms with E-state index in [2.05, 4.69) is 31.2 Å². The first kappa shape index (κ1) is 26.5. The second-order valence-electron chi connectivity index (χ2n) is 9.42. The van der Waals surface area contributed by atoms with Gasteiger partial charge in [0, 0.05) is 0 Å².